The zero-order valence-corrected chi connectivity index (χ0v) is 19.8. The highest BCUT2D eigenvalue weighted by Crippen LogP contribution is 2.11. The minimum absolute atomic E-state index is 0. The Labute approximate surface area is 181 Å². The van der Waals surface area contributed by atoms with Gasteiger partial charge in [0.1, 0.15) is 5.75 Å². The van der Waals surface area contributed by atoms with E-state index < -0.39 is 10.0 Å². The van der Waals surface area contributed by atoms with Crippen LogP contribution in [0.5, 0.6) is 5.75 Å². The van der Waals surface area contributed by atoms with E-state index in [1.165, 1.54) is 9.87 Å². The van der Waals surface area contributed by atoms with Crippen LogP contribution in [-0.2, 0) is 16.4 Å². The van der Waals surface area contributed by atoms with Crippen molar-refractivity contribution >= 4 is 40.0 Å². The number of hydrogen-bond donors (Lipinski definition) is 2. The van der Waals surface area contributed by atoms with Gasteiger partial charge in [0.05, 0.1) is 19.4 Å². The zero-order valence-electron chi connectivity index (χ0n) is 16.7. The highest BCUT2D eigenvalue weighted by Gasteiger charge is 2.17. The lowest BCUT2D eigenvalue weighted by atomic mass is 10.1. The zero-order chi connectivity index (χ0) is 19.4. The molecule has 1 rings (SSSR count). The molecule has 156 valence electrons. The molecule has 1 aromatic rings. The van der Waals surface area contributed by atoms with E-state index in [4.69, 9.17) is 4.74 Å². The summed E-state index contributed by atoms with van der Waals surface area (Å²) < 4.78 is 31.0. The normalized spacial score (nSPS) is 11.8. The predicted molar refractivity (Wildman–Crippen MR) is 123 cm³/mol. The van der Waals surface area contributed by atoms with Gasteiger partial charge in [0.25, 0.3) is 0 Å². The van der Waals surface area contributed by atoms with Crippen LogP contribution in [0.15, 0.2) is 29.3 Å². The Morgan fingerprint density at radius 1 is 1.11 bits per heavy atom. The fourth-order valence-corrected chi connectivity index (χ4v) is 3.85. The van der Waals surface area contributed by atoms with E-state index in [0.717, 1.165) is 18.7 Å². The van der Waals surface area contributed by atoms with Gasteiger partial charge in [-0.25, -0.2) is 12.7 Å². The molecule has 0 saturated heterocycles. The Kier molecular flexibility index (Phi) is 13.4. The van der Waals surface area contributed by atoms with Crippen molar-refractivity contribution in [3.63, 3.8) is 0 Å². The number of aliphatic imine (C=N–C) groups is 1. The van der Waals surface area contributed by atoms with Gasteiger partial charge in [-0.3, -0.25) is 4.99 Å². The lowest BCUT2D eigenvalue weighted by molar-refractivity contribution is 0.414. The number of hydrogen-bond acceptors (Lipinski definition) is 4. The molecule has 0 saturated carbocycles. The molecule has 1 aromatic carbocycles. The molecular formula is C18H33IN4O3S. The average molecular weight is 512 g/mol. The van der Waals surface area contributed by atoms with Crippen molar-refractivity contribution in [2.24, 2.45) is 4.99 Å². The van der Waals surface area contributed by atoms with Gasteiger partial charge in [0.15, 0.2) is 5.96 Å². The first-order chi connectivity index (χ1) is 12.5. The van der Waals surface area contributed by atoms with Gasteiger partial charge in [-0.15, -0.1) is 24.0 Å². The molecule has 9 heteroatoms. The summed E-state index contributed by atoms with van der Waals surface area (Å²) in [5.74, 6) is 1.49. The standard InChI is InChI=1S/C18H32N4O3S.HI/c1-5-19-18(21-14-15-26(23,24)22(6-2)7-3)20-13-12-16-8-10-17(25-4)11-9-16;/h8-11H,5-7,12-15H2,1-4H3,(H2,19,20,21);1H. The molecule has 0 heterocycles. The maximum absolute atomic E-state index is 12.2. The first kappa shape index (κ1) is 25.9. The van der Waals surface area contributed by atoms with Crippen LogP contribution < -0.4 is 15.4 Å². The Hall–Kier alpha value is -1.07. The summed E-state index contributed by atoms with van der Waals surface area (Å²) in [6.45, 7) is 8.30. The van der Waals surface area contributed by atoms with E-state index in [1.807, 2.05) is 45.0 Å². The van der Waals surface area contributed by atoms with E-state index >= 15 is 0 Å². The number of methoxy groups -OCH3 is 1. The minimum Gasteiger partial charge on any atom is -0.497 e. The van der Waals surface area contributed by atoms with Gasteiger partial charge >= 0.3 is 0 Å². The molecule has 0 fully saturated rings. The minimum atomic E-state index is -3.24. The second-order valence-electron chi connectivity index (χ2n) is 5.69. The van der Waals surface area contributed by atoms with Gasteiger partial charge in [-0.2, -0.15) is 0 Å². The van der Waals surface area contributed by atoms with Crippen molar-refractivity contribution in [2.75, 3.05) is 45.6 Å². The predicted octanol–water partition coefficient (Wildman–Crippen LogP) is 2.08. The second kappa shape index (κ2) is 14.0. The molecule has 0 bridgehead atoms. The molecule has 0 aliphatic rings. The summed E-state index contributed by atoms with van der Waals surface area (Å²) in [4.78, 5) is 4.38. The van der Waals surface area contributed by atoms with Crippen LogP contribution in [-0.4, -0.2) is 64.3 Å². The molecule has 7 nitrogen and oxygen atoms in total. The molecule has 0 unspecified atom stereocenters. The van der Waals surface area contributed by atoms with Crippen LogP contribution in [0.1, 0.15) is 26.3 Å². The van der Waals surface area contributed by atoms with Crippen molar-refractivity contribution < 1.29 is 13.2 Å². The number of sulfonamides is 1. The molecule has 0 aliphatic heterocycles. The number of rotatable bonds is 11. The van der Waals surface area contributed by atoms with Crippen LogP contribution in [0.2, 0.25) is 0 Å². The average Bonchev–Trinajstić information content (AvgIpc) is 2.63. The van der Waals surface area contributed by atoms with E-state index in [9.17, 15) is 8.42 Å². The van der Waals surface area contributed by atoms with Crippen LogP contribution in [0.4, 0.5) is 0 Å². The molecule has 27 heavy (non-hydrogen) atoms. The first-order valence-corrected chi connectivity index (χ1v) is 10.7. The van der Waals surface area contributed by atoms with Crippen LogP contribution in [0, 0.1) is 0 Å². The Balaban J connectivity index is 0.00000676. The quantitative estimate of drug-likeness (QED) is 0.270. The number of nitrogens with one attached hydrogen (secondary N) is 2. The Bertz CT molecular complexity index is 647. The van der Waals surface area contributed by atoms with E-state index in [-0.39, 0.29) is 36.3 Å². The molecule has 0 aromatic heterocycles. The second-order valence-corrected chi connectivity index (χ2v) is 7.77. The smallest absolute Gasteiger partial charge is 0.215 e. The lowest BCUT2D eigenvalue weighted by Crippen LogP contribution is -2.39. The summed E-state index contributed by atoms with van der Waals surface area (Å²) >= 11 is 0. The molecule has 0 atom stereocenters. The first-order valence-electron chi connectivity index (χ1n) is 9.09. The summed E-state index contributed by atoms with van der Waals surface area (Å²) in [5, 5.41) is 6.38. The number of ether oxygens (including phenoxy) is 1. The SMILES string of the molecule is CCNC(=NCCS(=O)(=O)N(CC)CC)NCCc1ccc(OC)cc1.I. The summed E-state index contributed by atoms with van der Waals surface area (Å²) in [7, 11) is -1.60. The van der Waals surface area contributed by atoms with Crippen LogP contribution in [0.3, 0.4) is 0 Å². The van der Waals surface area contributed by atoms with Crippen molar-refractivity contribution in [1.82, 2.24) is 14.9 Å². The number of guanidine groups is 1. The Morgan fingerprint density at radius 2 is 1.74 bits per heavy atom. The molecule has 0 spiro atoms. The van der Waals surface area contributed by atoms with Crippen molar-refractivity contribution in [2.45, 2.75) is 27.2 Å². The molecule has 0 aliphatic carbocycles. The highest BCUT2D eigenvalue weighted by atomic mass is 127. The van der Waals surface area contributed by atoms with Gasteiger partial charge in [-0.05, 0) is 31.0 Å². The molecule has 2 N–H and O–H groups in total. The largest absolute Gasteiger partial charge is 0.497 e. The van der Waals surface area contributed by atoms with Gasteiger partial charge < -0.3 is 15.4 Å². The number of nitrogens with zero attached hydrogens (tertiary/aromatic N) is 2. The van der Waals surface area contributed by atoms with Gasteiger partial charge in [0.2, 0.25) is 10.0 Å². The van der Waals surface area contributed by atoms with E-state index in [1.54, 1.807) is 7.11 Å². The van der Waals surface area contributed by atoms with Gasteiger partial charge in [0, 0.05) is 26.2 Å². The van der Waals surface area contributed by atoms with Crippen molar-refractivity contribution in [1.29, 1.82) is 0 Å². The third-order valence-electron chi connectivity index (χ3n) is 3.93. The van der Waals surface area contributed by atoms with E-state index in [0.29, 0.717) is 25.6 Å². The van der Waals surface area contributed by atoms with E-state index in [2.05, 4.69) is 15.6 Å². The lowest BCUT2D eigenvalue weighted by Gasteiger charge is -2.18. The van der Waals surface area contributed by atoms with Crippen LogP contribution >= 0.6 is 24.0 Å². The maximum atomic E-state index is 12.2. The van der Waals surface area contributed by atoms with Crippen molar-refractivity contribution in [3.05, 3.63) is 29.8 Å². The molecule has 0 amide bonds. The summed E-state index contributed by atoms with van der Waals surface area (Å²) in [5.41, 5.74) is 1.19. The molecular weight excluding hydrogens is 479 g/mol. The maximum Gasteiger partial charge on any atom is 0.215 e. The fraction of sp³-hybridized carbons (Fsp3) is 0.611. The van der Waals surface area contributed by atoms with Crippen LogP contribution in [0.25, 0.3) is 0 Å². The third-order valence-corrected chi connectivity index (χ3v) is 5.93. The Morgan fingerprint density at radius 3 is 2.26 bits per heavy atom. The summed E-state index contributed by atoms with van der Waals surface area (Å²) in [6, 6.07) is 7.93. The molecule has 0 radical (unpaired) electrons. The van der Waals surface area contributed by atoms with Crippen molar-refractivity contribution in [3.8, 4) is 5.75 Å². The monoisotopic (exact) mass is 512 g/mol. The number of benzene rings is 1. The highest BCUT2D eigenvalue weighted by molar-refractivity contribution is 14.0. The fourth-order valence-electron chi connectivity index (χ4n) is 2.48. The topological polar surface area (TPSA) is 83.0 Å². The summed E-state index contributed by atoms with van der Waals surface area (Å²) in [6.07, 6.45) is 0.839. The van der Waals surface area contributed by atoms with Gasteiger partial charge in [-0.1, -0.05) is 26.0 Å². The number of halogens is 1. The third kappa shape index (κ3) is 9.61.